The third kappa shape index (κ3) is 4.71. The number of rotatable bonds is 5. The highest BCUT2D eigenvalue weighted by molar-refractivity contribution is 5.95. The van der Waals surface area contributed by atoms with E-state index in [4.69, 9.17) is 5.73 Å². The van der Waals surface area contributed by atoms with Crippen molar-refractivity contribution in [1.29, 1.82) is 0 Å². The molecule has 122 valence electrons. The largest absolute Gasteiger partial charge is 0.346 e. The van der Waals surface area contributed by atoms with Crippen molar-refractivity contribution in [2.45, 2.75) is 39.2 Å². The summed E-state index contributed by atoms with van der Waals surface area (Å²) in [5.74, 6) is -0.490. The Morgan fingerprint density at radius 1 is 1.23 bits per heavy atom. The lowest BCUT2D eigenvalue weighted by atomic mass is 10.1. The minimum absolute atomic E-state index is 0. The molecule has 0 aromatic heterocycles. The highest BCUT2D eigenvalue weighted by atomic mass is 35.5. The molecule has 2 amide bonds. The van der Waals surface area contributed by atoms with Crippen LogP contribution in [0.1, 0.15) is 31.4 Å². The Balaban J connectivity index is 0.00000242. The van der Waals surface area contributed by atoms with Crippen LogP contribution >= 0.6 is 12.4 Å². The van der Waals surface area contributed by atoms with Gasteiger partial charge in [-0.25, -0.2) is 0 Å². The summed E-state index contributed by atoms with van der Waals surface area (Å²) < 4.78 is 0. The van der Waals surface area contributed by atoms with E-state index in [0.717, 1.165) is 18.5 Å². The molecule has 0 fully saturated rings. The summed E-state index contributed by atoms with van der Waals surface area (Å²) in [6, 6.07) is 5.40. The van der Waals surface area contributed by atoms with Gasteiger partial charge in [0, 0.05) is 5.69 Å². The maximum atomic E-state index is 11.8. The second-order valence-electron chi connectivity index (χ2n) is 5.87. The molecular weight excluding hydrogens is 302 g/mol. The molecule has 6 heteroatoms. The fourth-order valence-corrected chi connectivity index (χ4v) is 2.44. The predicted octanol–water partition coefficient (Wildman–Crippen LogP) is 1.64. The highest BCUT2D eigenvalue weighted by Gasteiger charge is 2.18. The number of carbonyl (C=O) groups excluding carboxylic acids is 2. The lowest BCUT2D eigenvalue weighted by Gasteiger charge is -2.15. The molecule has 0 unspecified atom stereocenters. The first-order chi connectivity index (χ1) is 9.97. The molecule has 5 nitrogen and oxygen atoms in total. The number of nitrogens with two attached hydrogens (primary N) is 1. The third-order valence-electron chi connectivity index (χ3n) is 3.83. The average Bonchev–Trinajstić information content (AvgIpc) is 2.91. The molecule has 0 spiro atoms. The highest BCUT2D eigenvalue weighted by Crippen LogP contribution is 2.24. The van der Waals surface area contributed by atoms with E-state index < -0.39 is 6.04 Å². The van der Waals surface area contributed by atoms with E-state index in [9.17, 15) is 9.59 Å². The van der Waals surface area contributed by atoms with Crippen LogP contribution in [0.3, 0.4) is 0 Å². The smallest absolute Gasteiger partial charge is 0.243 e. The Kier molecular flexibility index (Phi) is 6.84. The molecule has 2 rings (SSSR count). The molecule has 1 atom stereocenters. The summed E-state index contributed by atoms with van der Waals surface area (Å²) in [6.07, 6.45) is 3.36. The van der Waals surface area contributed by atoms with Gasteiger partial charge in [-0.2, -0.15) is 0 Å². The first kappa shape index (κ1) is 18.5. The Labute approximate surface area is 137 Å². The van der Waals surface area contributed by atoms with Crippen LogP contribution in [-0.4, -0.2) is 24.4 Å². The van der Waals surface area contributed by atoms with Crippen LogP contribution in [0.5, 0.6) is 0 Å². The number of benzene rings is 1. The van der Waals surface area contributed by atoms with Gasteiger partial charge in [-0.15, -0.1) is 12.4 Å². The van der Waals surface area contributed by atoms with Crippen LogP contribution in [0.2, 0.25) is 0 Å². The van der Waals surface area contributed by atoms with Crippen molar-refractivity contribution in [2.75, 3.05) is 11.9 Å². The Morgan fingerprint density at radius 3 is 2.59 bits per heavy atom. The van der Waals surface area contributed by atoms with E-state index in [1.54, 1.807) is 0 Å². The summed E-state index contributed by atoms with van der Waals surface area (Å²) in [4.78, 5) is 23.5. The zero-order chi connectivity index (χ0) is 15.4. The van der Waals surface area contributed by atoms with Crippen LogP contribution in [0, 0.1) is 5.92 Å². The first-order valence-electron chi connectivity index (χ1n) is 7.42. The van der Waals surface area contributed by atoms with Gasteiger partial charge >= 0.3 is 0 Å². The van der Waals surface area contributed by atoms with E-state index in [-0.39, 0.29) is 36.7 Å². The van der Waals surface area contributed by atoms with Crippen molar-refractivity contribution in [2.24, 2.45) is 11.7 Å². The van der Waals surface area contributed by atoms with E-state index in [1.165, 1.54) is 17.5 Å². The van der Waals surface area contributed by atoms with E-state index >= 15 is 0 Å². The van der Waals surface area contributed by atoms with Crippen molar-refractivity contribution in [3.63, 3.8) is 0 Å². The number of hydrogen-bond donors (Lipinski definition) is 3. The van der Waals surface area contributed by atoms with Gasteiger partial charge in [-0.1, -0.05) is 19.9 Å². The number of amides is 2. The molecule has 0 radical (unpaired) electrons. The van der Waals surface area contributed by atoms with Crippen LogP contribution in [0.4, 0.5) is 5.69 Å². The predicted molar refractivity (Wildman–Crippen MR) is 90.2 cm³/mol. The SMILES string of the molecule is CC(C)[C@H](N)C(=O)NCC(=O)Nc1ccc2c(c1)CCC2.Cl. The van der Waals surface area contributed by atoms with Gasteiger partial charge in [0.2, 0.25) is 11.8 Å². The minimum atomic E-state index is -0.585. The van der Waals surface area contributed by atoms with Crippen LogP contribution in [-0.2, 0) is 22.4 Å². The lowest BCUT2D eigenvalue weighted by Crippen LogP contribution is -2.46. The summed E-state index contributed by atoms with van der Waals surface area (Å²) in [5, 5.41) is 5.36. The number of hydrogen-bond acceptors (Lipinski definition) is 3. The third-order valence-corrected chi connectivity index (χ3v) is 3.83. The fourth-order valence-electron chi connectivity index (χ4n) is 2.44. The number of fused-ring (bicyclic) bond motifs is 1. The molecule has 1 aromatic carbocycles. The molecular formula is C16H24ClN3O2. The second kappa shape index (κ2) is 8.15. The van der Waals surface area contributed by atoms with Gasteiger partial charge in [0.25, 0.3) is 0 Å². The Bertz CT molecular complexity index is 546. The fraction of sp³-hybridized carbons (Fsp3) is 0.500. The Morgan fingerprint density at radius 2 is 1.91 bits per heavy atom. The number of carbonyl (C=O) groups is 2. The molecule has 1 aliphatic rings. The zero-order valence-corrected chi connectivity index (χ0v) is 13.8. The monoisotopic (exact) mass is 325 g/mol. The maximum Gasteiger partial charge on any atom is 0.243 e. The van der Waals surface area contributed by atoms with Crippen molar-refractivity contribution in [3.05, 3.63) is 29.3 Å². The topological polar surface area (TPSA) is 84.2 Å². The lowest BCUT2D eigenvalue weighted by molar-refractivity contribution is -0.125. The summed E-state index contributed by atoms with van der Waals surface area (Å²) >= 11 is 0. The Hall–Kier alpha value is -1.59. The van der Waals surface area contributed by atoms with Gasteiger partial charge in [-0.05, 0) is 48.4 Å². The molecule has 0 saturated carbocycles. The number of halogens is 1. The summed E-state index contributed by atoms with van der Waals surface area (Å²) in [5.41, 5.74) is 9.17. The second-order valence-corrected chi connectivity index (χ2v) is 5.87. The normalized spacial score (nSPS) is 14.0. The van der Waals surface area contributed by atoms with Crippen molar-refractivity contribution in [3.8, 4) is 0 Å². The average molecular weight is 326 g/mol. The maximum absolute atomic E-state index is 11.8. The van der Waals surface area contributed by atoms with Gasteiger partial charge in [0.15, 0.2) is 0 Å². The van der Waals surface area contributed by atoms with E-state index in [0.29, 0.717) is 0 Å². The van der Waals surface area contributed by atoms with E-state index in [1.807, 2.05) is 26.0 Å². The molecule has 22 heavy (non-hydrogen) atoms. The number of aryl methyl sites for hydroxylation is 2. The van der Waals surface area contributed by atoms with Gasteiger partial charge in [0.1, 0.15) is 0 Å². The van der Waals surface area contributed by atoms with Gasteiger partial charge in [-0.3, -0.25) is 9.59 Å². The standard InChI is InChI=1S/C16H23N3O2.ClH/c1-10(2)15(17)16(21)18-9-14(20)19-13-7-6-11-4-3-5-12(11)8-13;/h6-8,10,15H,3-5,9,17H2,1-2H3,(H,18,21)(H,19,20);1H/t15-;/m0./s1. The summed E-state index contributed by atoms with van der Waals surface area (Å²) in [7, 11) is 0. The molecule has 1 aromatic rings. The quantitative estimate of drug-likeness (QED) is 0.769. The van der Waals surface area contributed by atoms with Gasteiger partial charge < -0.3 is 16.4 Å². The van der Waals surface area contributed by atoms with Crippen molar-refractivity contribution < 1.29 is 9.59 Å². The minimum Gasteiger partial charge on any atom is -0.346 e. The van der Waals surface area contributed by atoms with Crippen molar-refractivity contribution in [1.82, 2.24) is 5.32 Å². The molecule has 0 aliphatic heterocycles. The first-order valence-corrected chi connectivity index (χ1v) is 7.42. The molecule has 0 saturated heterocycles. The number of anilines is 1. The molecule has 4 N–H and O–H groups in total. The molecule has 1 aliphatic carbocycles. The molecule has 0 bridgehead atoms. The zero-order valence-electron chi connectivity index (χ0n) is 13.0. The summed E-state index contributed by atoms with van der Waals surface area (Å²) in [6.45, 7) is 3.68. The molecule has 0 heterocycles. The van der Waals surface area contributed by atoms with Gasteiger partial charge in [0.05, 0.1) is 12.6 Å². The van der Waals surface area contributed by atoms with Crippen LogP contribution < -0.4 is 16.4 Å². The van der Waals surface area contributed by atoms with E-state index in [2.05, 4.69) is 16.7 Å². The van der Waals surface area contributed by atoms with Crippen LogP contribution in [0.25, 0.3) is 0 Å². The number of nitrogens with one attached hydrogen (secondary N) is 2. The van der Waals surface area contributed by atoms with Crippen molar-refractivity contribution >= 4 is 29.9 Å². The van der Waals surface area contributed by atoms with Crippen LogP contribution in [0.15, 0.2) is 18.2 Å².